The molecule has 2 amide bonds. The summed E-state index contributed by atoms with van der Waals surface area (Å²) in [6.07, 6.45) is 3.13. The molecule has 0 heterocycles. The van der Waals surface area contributed by atoms with Crippen molar-refractivity contribution in [1.82, 2.24) is 4.90 Å². The summed E-state index contributed by atoms with van der Waals surface area (Å²) >= 11 is 0. The van der Waals surface area contributed by atoms with Gasteiger partial charge >= 0.3 is 12.0 Å². The fourth-order valence-electron chi connectivity index (χ4n) is 2.13. The molecule has 0 saturated heterocycles. The number of benzene rings is 1. The van der Waals surface area contributed by atoms with E-state index in [2.05, 4.69) is 0 Å². The van der Waals surface area contributed by atoms with Gasteiger partial charge in [0.1, 0.15) is 6.54 Å². The number of carboxylic acids is 1. The van der Waals surface area contributed by atoms with Gasteiger partial charge in [0.05, 0.1) is 0 Å². The van der Waals surface area contributed by atoms with E-state index >= 15 is 0 Å². The number of hydrogen-bond acceptors (Lipinski definition) is 2. The van der Waals surface area contributed by atoms with Crippen LogP contribution in [0.15, 0.2) is 30.3 Å². The molecule has 1 aliphatic carbocycles. The van der Waals surface area contributed by atoms with Crippen LogP contribution in [0.3, 0.4) is 0 Å². The first-order chi connectivity index (χ1) is 9.09. The number of carboxylic acid groups (broad SMARTS) is 1. The van der Waals surface area contributed by atoms with Crippen LogP contribution in [0.2, 0.25) is 0 Å². The predicted octanol–water partition coefficient (Wildman–Crippen LogP) is 2.18. The Bertz CT molecular complexity index is 457. The molecule has 0 atom stereocenters. The highest BCUT2D eigenvalue weighted by molar-refractivity contribution is 5.96. The average Bonchev–Trinajstić information content (AvgIpc) is 2.34. The predicted molar refractivity (Wildman–Crippen MR) is 72.2 cm³/mol. The summed E-state index contributed by atoms with van der Waals surface area (Å²) < 4.78 is 0. The van der Waals surface area contributed by atoms with Crippen molar-refractivity contribution in [3.05, 3.63) is 30.3 Å². The Balaban J connectivity index is 2.17. The molecule has 1 N–H and O–H groups in total. The highest BCUT2D eigenvalue weighted by atomic mass is 16.4. The summed E-state index contributed by atoms with van der Waals surface area (Å²) in [4.78, 5) is 26.3. The summed E-state index contributed by atoms with van der Waals surface area (Å²) in [5, 5.41) is 8.97. The molecule has 1 saturated carbocycles. The molecule has 1 aliphatic rings. The highest BCUT2D eigenvalue weighted by Gasteiger charge is 2.30. The Morgan fingerprint density at radius 1 is 1.26 bits per heavy atom. The van der Waals surface area contributed by atoms with Crippen molar-refractivity contribution in [2.45, 2.75) is 25.3 Å². The quantitative estimate of drug-likeness (QED) is 0.904. The molecule has 5 heteroatoms. The van der Waals surface area contributed by atoms with Crippen LogP contribution in [-0.4, -0.2) is 41.6 Å². The van der Waals surface area contributed by atoms with E-state index < -0.39 is 5.97 Å². The Morgan fingerprint density at radius 3 is 2.37 bits per heavy atom. The lowest BCUT2D eigenvalue weighted by Crippen LogP contribution is -2.50. The lowest BCUT2D eigenvalue weighted by molar-refractivity contribution is -0.135. The fourth-order valence-corrected chi connectivity index (χ4v) is 2.13. The van der Waals surface area contributed by atoms with Gasteiger partial charge in [-0.3, -0.25) is 9.69 Å². The number of carbonyl (C=O) groups is 2. The van der Waals surface area contributed by atoms with Gasteiger partial charge in [-0.1, -0.05) is 18.2 Å². The van der Waals surface area contributed by atoms with Gasteiger partial charge in [-0.05, 0) is 31.4 Å². The van der Waals surface area contributed by atoms with Gasteiger partial charge < -0.3 is 10.0 Å². The summed E-state index contributed by atoms with van der Waals surface area (Å²) in [7, 11) is 1.74. The molecule has 19 heavy (non-hydrogen) atoms. The molecule has 0 bridgehead atoms. The van der Waals surface area contributed by atoms with Crippen molar-refractivity contribution in [3.8, 4) is 0 Å². The second kappa shape index (κ2) is 5.73. The topological polar surface area (TPSA) is 60.9 Å². The SMILES string of the molecule is CN(C(=O)N(CC(=O)O)c1ccccc1)C1CCC1. The number of para-hydroxylation sites is 1. The summed E-state index contributed by atoms with van der Waals surface area (Å²) in [6.45, 7) is -0.320. The van der Waals surface area contributed by atoms with Crippen LogP contribution in [0.5, 0.6) is 0 Å². The van der Waals surface area contributed by atoms with Gasteiger partial charge in [-0.25, -0.2) is 4.79 Å². The molecule has 0 unspecified atom stereocenters. The van der Waals surface area contributed by atoms with Crippen LogP contribution in [-0.2, 0) is 4.79 Å². The van der Waals surface area contributed by atoms with E-state index in [1.165, 1.54) is 4.90 Å². The molecule has 0 radical (unpaired) electrons. The first-order valence-electron chi connectivity index (χ1n) is 6.41. The van der Waals surface area contributed by atoms with Crippen molar-refractivity contribution >= 4 is 17.7 Å². The van der Waals surface area contributed by atoms with Crippen molar-refractivity contribution in [2.24, 2.45) is 0 Å². The minimum Gasteiger partial charge on any atom is -0.480 e. The van der Waals surface area contributed by atoms with E-state index in [1.54, 1.807) is 36.2 Å². The molecule has 2 rings (SSSR count). The molecular weight excluding hydrogens is 244 g/mol. The molecule has 1 fully saturated rings. The number of rotatable bonds is 4. The minimum absolute atomic E-state index is 0.243. The number of carbonyl (C=O) groups excluding carboxylic acids is 1. The Morgan fingerprint density at radius 2 is 1.89 bits per heavy atom. The summed E-state index contributed by atoms with van der Waals surface area (Å²) in [5.74, 6) is -1.01. The van der Waals surface area contributed by atoms with Gasteiger partial charge in [0, 0.05) is 18.8 Å². The molecule has 1 aromatic carbocycles. The Labute approximate surface area is 112 Å². The van der Waals surface area contributed by atoms with E-state index in [4.69, 9.17) is 5.11 Å². The lowest BCUT2D eigenvalue weighted by Gasteiger charge is -2.37. The summed E-state index contributed by atoms with van der Waals surface area (Å²) in [5.41, 5.74) is 0.612. The van der Waals surface area contributed by atoms with Crippen LogP contribution < -0.4 is 4.90 Å². The van der Waals surface area contributed by atoms with Crippen molar-refractivity contribution < 1.29 is 14.7 Å². The molecule has 1 aromatic rings. The molecule has 0 spiro atoms. The van der Waals surface area contributed by atoms with Gasteiger partial charge in [0.25, 0.3) is 0 Å². The third kappa shape index (κ3) is 3.05. The van der Waals surface area contributed by atoms with Gasteiger partial charge in [-0.15, -0.1) is 0 Å². The van der Waals surface area contributed by atoms with Gasteiger partial charge in [0.2, 0.25) is 0 Å². The minimum atomic E-state index is -1.01. The molecular formula is C14H18N2O3. The number of urea groups is 1. The zero-order valence-electron chi connectivity index (χ0n) is 11.0. The fraction of sp³-hybridized carbons (Fsp3) is 0.429. The first-order valence-corrected chi connectivity index (χ1v) is 6.41. The normalized spacial score (nSPS) is 14.6. The smallest absolute Gasteiger partial charge is 0.325 e. The standard InChI is InChI=1S/C14H18N2O3/c1-15(11-8-5-9-11)14(19)16(10-13(17)18)12-6-3-2-4-7-12/h2-4,6-7,11H,5,8-10H2,1H3,(H,17,18). The third-order valence-corrected chi connectivity index (χ3v) is 3.52. The summed E-state index contributed by atoms with van der Waals surface area (Å²) in [6, 6.07) is 8.90. The first kappa shape index (κ1) is 13.4. The largest absolute Gasteiger partial charge is 0.480 e. The third-order valence-electron chi connectivity index (χ3n) is 3.52. The average molecular weight is 262 g/mol. The number of hydrogen-bond donors (Lipinski definition) is 1. The van der Waals surface area contributed by atoms with Crippen molar-refractivity contribution in [2.75, 3.05) is 18.5 Å². The number of nitrogens with zero attached hydrogens (tertiary/aromatic N) is 2. The van der Waals surface area contributed by atoms with Crippen LogP contribution in [0.1, 0.15) is 19.3 Å². The second-order valence-electron chi connectivity index (χ2n) is 4.79. The lowest BCUT2D eigenvalue weighted by atomic mass is 9.92. The van der Waals surface area contributed by atoms with E-state index in [-0.39, 0.29) is 18.6 Å². The molecule has 102 valence electrons. The van der Waals surface area contributed by atoms with Crippen LogP contribution in [0.25, 0.3) is 0 Å². The molecule has 0 aliphatic heterocycles. The van der Waals surface area contributed by atoms with Gasteiger partial charge in [0.15, 0.2) is 0 Å². The maximum absolute atomic E-state index is 12.4. The van der Waals surface area contributed by atoms with Gasteiger partial charge in [-0.2, -0.15) is 0 Å². The molecule has 5 nitrogen and oxygen atoms in total. The zero-order valence-corrected chi connectivity index (χ0v) is 11.0. The monoisotopic (exact) mass is 262 g/mol. The maximum atomic E-state index is 12.4. The van der Waals surface area contributed by atoms with Crippen molar-refractivity contribution in [3.63, 3.8) is 0 Å². The van der Waals surface area contributed by atoms with Crippen LogP contribution in [0, 0.1) is 0 Å². The van der Waals surface area contributed by atoms with Crippen molar-refractivity contribution in [1.29, 1.82) is 0 Å². The molecule has 0 aromatic heterocycles. The maximum Gasteiger partial charge on any atom is 0.325 e. The van der Waals surface area contributed by atoms with E-state index in [0.29, 0.717) is 5.69 Å². The van der Waals surface area contributed by atoms with E-state index in [1.807, 2.05) is 6.07 Å². The number of anilines is 1. The Hall–Kier alpha value is -2.04. The number of aliphatic carboxylic acids is 1. The highest BCUT2D eigenvalue weighted by Crippen LogP contribution is 2.25. The van der Waals surface area contributed by atoms with E-state index in [9.17, 15) is 9.59 Å². The van der Waals surface area contributed by atoms with Crippen LogP contribution >= 0.6 is 0 Å². The van der Waals surface area contributed by atoms with Crippen LogP contribution in [0.4, 0.5) is 10.5 Å². The number of amides is 2. The second-order valence-corrected chi connectivity index (χ2v) is 4.79. The Kier molecular flexibility index (Phi) is 4.04. The van der Waals surface area contributed by atoms with E-state index in [0.717, 1.165) is 19.3 Å². The zero-order chi connectivity index (χ0) is 13.8.